The summed E-state index contributed by atoms with van der Waals surface area (Å²) in [6, 6.07) is 65.4. The van der Waals surface area contributed by atoms with Gasteiger partial charge >= 0.3 is 0 Å². The van der Waals surface area contributed by atoms with E-state index < -0.39 is 29.6 Å². The van der Waals surface area contributed by atoms with E-state index in [-0.39, 0.29) is 46.5 Å². The lowest BCUT2D eigenvalue weighted by Crippen LogP contribution is -2.26. The van der Waals surface area contributed by atoms with E-state index in [2.05, 4.69) is 108 Å². The van der Waals surface area contributed by atoms with E-state index in [0.29, 0.717) is 16.9 Å². The zero-order chi connectivity index (χ0) is 48.7. The molecular formula is C61H42N2. The Labute approximate surface area is 380 Å². The zero-order valence-electron chi connectivity index (χ0n) is 42.0. The molecule has 2 aliphatic rings. The molecule has 0 radical (unpaired) electrons. The van der Waals surface area contributed by atoms with Gasteiger partial charge in [0, 0.05) is 34.1 Å². The van der Waals surface area contributed by atoms with Crippen molar-refractivity contribution in [1.82, 2.24) is 0 Å². The van der Waals surface area contributed by atoms with Gasteiger partial charge in [-0.1, -0.05) is 182 Å². The average Bonchev–Trinajstić information content (AvgIpc) is 3.88. The predicted molar refractivity (Wildman–Crippen MR) is 263 cm³/mol. The van der Waals surface area contributed by atoms with Gasteiger partial charge in [-0.15, -0.1) is 0 Å². The van der Waals surface area contributed by atoms with Crippen LogP contribution in [0, 0.1) is 0 Å². The minimum absolute atomic E-state index is 0.00338. The molecule has 10 aromatic carbocycles. The van der Waals surface area contributed by atoms with Crippen LogP contribution in [0.5, 0.6) is 0 Å². The Morgan fingerprint density at radius 3 is 1.05 bits per heavy atom. The summed E-state index contributed by atoms with van der Waals surface area (Å²) < 4.78 is 74.3. The maximum Gasteiger partial charge on any atom is 0.0726 e. The van der Waals surface area contributed by atoms with Gasteiger partial charge in [-0.2, -0.15) is 0 Å². The largest absolute Gasteiger partial charge is 0.311 e. The second-order valence-corrected chi connectivity index (χ2v) is 15.8. The number of rotatable bonds is 8. The molecule has 1 spiro atoms. The Morgan fingerprint density at radius 2 is 0.587 bits per heavy atom. The maximum atomic E-state index is 9.33. The third kappa shape index (κ3) is 5.95. The average molecular weight is 811 g/mol. The van der Waals surface area contributed by atoms with Gasteiger partial charge in [0.2, 0.25) is 0 Å². The van der Waals surface area contributed by atoms with E-state index >= 15 is 0 Å². The van der Waals surface area contributed by atoms with Gasteiger partial charge in [0.15, 0.2) is 0 Å². The standard InChI is InChI=1S/C61H42N2/c1-4-16-47(17-5-1)62(48-18-6-2-7-19-48)50-36-32-45(33-37-50)43-28-30-44(31-29-43)46-34-38-51(39-35-46)63(49-20-8-3-9-21-49)52-40-41-56-55-24-12-15-27-59(55)61(60(56)42-52)57-25-13-10-22-53(57)54-23-11-14-26-58(54)61/h1-42H/i28D,29D,30D,31D,32D,33D,36D,37D. The van der Waals surface area contributed by atoms with E-state index in [1.54, 1.807) is 17.0 Å². The van der Waals surface area contributed by atoms with Crippen LogP contribution in [0.3, 0.4) is 0 Å². The van der Waals surface area contributed by atoms with E-state index in [1.165, 1.54) is 44.5 Å². The number of fused-ring (bicyclic) bond motifs is 10. The van der Waals surface area contributed by atoms with Crippen LogP contribution in [-0.4, -0.2) is 0 Å². The Balaban J connectivity index is 0.962. The van der Waals surface area contributed by atoms with Gasteiger partial charge in [-0.3, -0.25) is 0 Å². The van der Waals surface area contributed by atoms with Crippen LogP contribution in [0.1, 0.15) is 33.2 Å². The van der Waals surface area contributed by atoms with Crippen molar-refractivity contribution in [3.63, 3.8) is 0 Å². The molecule has 0 heterocycles. The fraction of sp³-hybridized carbons (Fsp3) is 0.0164. The summed E-state index contributed by atoms with van der Waals surface area (Å²) in [4.78, 5) is 3.84. The van der Waals surface area contributed by atoms with E-state index in [4.69, 9.17) is 0 Å². The molecule has 0 N–H and O–H groups in total. The number of para-hydroxylation sites is 3. The summed E-state index contributed by atoms with van der Waals surface area (Å²) in [5.41, 5.74) is 13.0. The van der Waals surface area contributed by atoms with Crippen molar-refractivity contribution in [3.8, 4) is 44.5 Å². The lowest BCUT2D eigenvalue weighted by Gasteiger charge is -2.32. The molecule has 10 aromatic rings. The summed E-state index contributed by atoms with van der Waals surface area (Å²) >= 11 is 0. The van der Waals surface area contributed by atoms with Crippen LogP contribution >= 0.6 is 0 Å². The first-order chi connectivity index (χ1) is 34.6. The van der Waals surface area contributed by atoms with Gasteiger partial charge in [-0.25, -0.2) is 0 Å². The Hall–Kier alpha value is -8.20. The number of hydrogen-bond acceptors (Lipinski definition) is 2. The highest BCUT2D eigenvalue weighted by Gasteiger charge is 2.51. The lowest BCUT2D eigenvalue weighted by molar-refractivity contribution is 0.793. The SMILES string of the molecule is [2H]c1c([2H])c(-c2c([2H])c([2H])c(N(c3ccccc3)c3ccccc3)c([2H])c2[2H])c([2H])c([2H])c1-c1ccc(N(c2ccccc2)c2ccc3c(c2)C2(c4ccccc4-c4ccccc42)c2ccccc2-3)cc1. The first-order valence-electron chi connectivity index (χ1n) is 25.1. The number of benzene rings is 10. The molecule has 0 fully saturated rings. The van der Waals surface area contributed by atoms with Gasteiger partial charge < -0.3 is 9.80 Å². The molecule has 2 heteroatoms. The number of hydrogen-bond donors (Lipinski definition) is 0. The summed E-state index contributed by atoms with van der Waals surface area (Å²) in [7, 11) is 0. The summed E-state index contributed by atoms with van der Waals surface area (Å²) in [6.07, 6.45) is 0. The molecule has 0 bridgehead atoms. The molecule has 63 heavy (non-hydrogen) atoms. The van der Waals surface area contributed by atoms with Crippen molar-refractivity contribution in [2.45, 2.75) is 5.41 Å². The second-order valence-electron chi connectivity index (χ2n) is 15.8. The van der Waals surface area contributed by atoms with Crippen LogP contribution < -0.4 is 9.80 Å². The zero-order valence-corrected chi connectivity index (χ0v) is 34.0. The van der Waals surface area contributed by atoms with Crippen LogP contribution in [0.4, 0.5) is 34.1 Å². The Kier molecular flexibility index (Phi) is 6.96. The summed E-state index contributed by atoms with van der Waals surface area (Å²) in [5.74, 6) is 0. The normalized spacial score (nSPS) is 14.3. The number of anilines is 6. The van der Waals surface area contributed by atoms with Gasteiger partial charge in [0.25, 0.3) is 0 Å². The van der Waals surface area contributed by atoms with Gasteiger partial charge in [0.05, 0.1) is 16.4 Å². The third-order valence-electron chi connectivity index (χ3n) is 12.4. The first-order valence-corrected chi connectivity index (χ1v) is 21.1. The van der Waals surface area contributed by atoms with Crippen molar-refractivity contribution < 1.29 is 11.0 Å². The molecule has 2 aliphatic carbocycles. The first kappa shape index (κ1) is 29.1. The monoisotopic (exact) mass is 810 g/mol. The van der Waals surface area contributed by atoms with Crippen molar-refractivity contribution in [2.24, 2.45) is 0 Å². The molecule has 0 aliphatic heterocycles. The van der Waals surface area contributed by atoms with Crippen LogP contribution in [0.15, 0.2) is 255 Å². The fourth-order valence-electron chi connectivity index (χ4n) is 9.71. The molecule has 0 aromatic heterocycles. The molecule has 2 nitrogen and oxygen atoms in total. The van der Waals surface area contributed by atoms with Crippen LogP contribution in [0.2, 0.25) is 0 Å². The molecular weight excluding hydrogens is 761 g/mol. The van der Waals surface area contributed by atoms with Crippen LogP contribution in [0.25, 0.3) is 44.5 Å². The molecule has 0 unspecified atom stereocenters. The summed E-state index contributed by atoms with van der Waals surface area (Å²) in [5, 5.41) is 0. The quantitative estimate of drug-likeness (QED) is 0.151. The smallest absolute Gasteiger partial charge is 0.0726 e. The van der Waals surface area contributed by atoms with Gasteiger partial charge in [-0.05, 0) is 140 Å². The summed E-state index contributed by atoms with van der Waals surface area (Å²) in [6.45, 7) is 0. The van der Waals surface area contributed by atoms with E-state index in [9.17, 15) is 11.0 Å². The van der Waals surface area contributed by atoms with Crippen molar-refractivity contribution >= 4 is 34.1 Å². The minimum Gasteiger partial charge on any atom is -0.311 e. The highest BCUT2D eigenvalue weighted by Crippen LogP contribution is 2.63. The lowest BCUT2D eigenvalue weighted by atomic mass is 9.70. The molecule has 0 atom stereocenters. The predicted octanol–water partition coefficient (Wildman–Crippen LogP) is 16.3. The fourth-order valence-corrected chi connectivity index (χ4v) is 9.71. The van der Waals surface area contributed by atoms with Crippen LogP contribution in [-0.2, 0) is 5.41 Å². The third-order valence-corrected chi connectivity index (χ3v) is 12.4. The maximum absolute atomic E-state index is 9.33. The highest BCUT2D eigenvalue weighted by molar-refractivity contribution is 5.96. The minimum atomic E-state index is -0.539. The molecule has 12 rings (SSSR count). The molecule has 0 amide bonds. The van der Waals surface area contributed by atoms with Crippen molar-refractivity contribution in [3.05, 3.63) is 277 Å². The highest BCUT2D eigenvalue weighted by atomic mass is 15.1. The van der Waals surface area contributed by atoms with E-state index in [1.807, 2.05) is 91.0 Å². The Bertz CT molecular complexity index is 3590. The number of nitrogens with zero attached hydrogens (tertiary/aromatic N) is 2. The molecule has 0 saturated carbocycles. The second kappa shape index (κ2) is 15.1. The van der Waals surface area contributed by atoms with Gasteiger partial charge in [0.1, 0.15) is 0 Å². The van der Waals surface area contributed by atoms with Crippen molar-refractivity contribution in [2.75, 3.05) is 9.80 Å². The molecule has 0 saturated heterocycles. The topological polar surface area (TPSA) is 6.48 Å². The van der Waals surface area contributed by atoms with E-state index in [0.717, 1.165) is 17.1 Å². The van der Waals surface area contributed by atoms with Crippen molar-refractivity contribution in [1.29, 1.82) is 0 Å². The molecule has 296 valence electrons. The Morgan fingerprint density at radius 1 is 0.254 bits per heavy atom.